The summed E-state index contributed by atoms with van der Waals surface area (Å²) >= 11 is 3.19. The van der Waals surface area contributed by atoms with Crippen molar-refractivity contribution in [3.63, 3.8) is 0 Å². The van der Waals surface area contributed by atoms with E-state index in [1.54, 1.807) is 6.07 Å². The predicted molar refractivity (Wildman–Crippen MR) is 89.1 cm³/mol. The third-order valence-corrected chi connectivity index (χ3v) is 3.13. The number of rotatable bonds is 5. The Hall–Kier alpha value is -3.25. The smallest absolute Gasteiger partial charge is 0.335 e. The Bertz CT molecular complexity index is 826. The van der Waals surface area contributed by atoms with Gasteiger partial charge in [-0.2, -0.15) is 5.26 Å². The third-order valence-electron chi connectivity index (χ3n) is 2.72. The highest BCUT2D eigenvalue weighted by Gasteiger charge is 2.10. The first-order valence-electron chi connectivity index (χ1n) is 6.48. The summed E-state index contributed by atoms with van der Waals surface area (Å²) in [5.41, 5.74) is 0.271. The first-order valence-corrected chi connectivity index (χ1v) is 7.28. The van der Waals surface area contributed by atoms with E-state index in [-0.39, 0.29) is 17.1 Å². The number of aromatic carboxylic acids is 1. The molecule has 0 saturated carbocycles. The highest BCUT2D eigenvalue weighted by atomic mass is 79.9. The summed E-state index contributed by atoms with van der Waals surface area (Å²) in [4.78, 5) is 30.7. The number of halogens is 1. The van der Waals surface area contributed by atoms with Crippen LogP contribution >= 0.6 is 15.9 Å². The first-order chi connectivity index (χ1) is 11.5. The van der Waals surface area contributed by atoms with Gasteiger partial charge in [0.05, 0.1) is 10.0 Å². The van der Waals surface area contributed by atoms with Gasteiger partial charge in [-0.05, 0) is 40.2 Å². The van der Waals surface area contributed by atoms with Crippen molar-refractivity contribution in [1.82, 2.24) is 9.97 Å². The molecule has 1 aromatic heterocycles. The van der Waals surface area contributed by atoms with E-state index in [1.165, 1.54) is 42.9 Å². The zero-order chi connectivity index (χ0) is 17.5. The molecule has 1 amide bonds. The van der Waals surface area contributed by atoms with E-state index in [0.29, 0.717) is 10.2 Å². The molecule has 0 bridgehead atoms. The minimum Gasteiger partial charge on any atom is -0.478 e. The van der Waals surface area contributed by atoms with E-state index in [0.717, 1.165) is 0 Å². The zero-order valence-electron chi connectivity index (χ0n) is 12.0. The van der Waals surface area contributed by atoms with Crippen LogP contribution in [-0.4, -0.2) is 27.0 Å². The number of amides is 1. The molecule has 2 aromatic rings. The van der Waals surface area contributed by atoms with Crippen molar-refractivity contribution in [3.8, 4) is 6.07 Å². The molecule has 0 aliphatic rings. The predicted octanol–water partition coefficient (Wildman–Crippen LogP) is 2.40. The molecule has 0 aliphatic carbocycles. The number of nitrogens with one attached hydrogen (secondary N) is 2. The van der Waals surface area contributed by atoms with Gasteiger partial charge in [0, 0.05) is 24.3 Å². The molecule has 24 heavy (non-hydrogen) atoms. The molecule has 9 heteroatoms. The molecule has 8 nitrogen and oxygen atoms in total. The van der Waals surface area contributed by atoms with Crippen LogP contribution in [0, 0.1) is 11.3 Å². The summed E-state index contributed by atoms with van der Waals surface area (Å²) in [7, 11) is 0. The summed E-state index contributed by atoms with van der Waals surface area (Å²) < 4.78 is 0.695. The minimum absolute atomic E-state index is 0.0955. The fourth-order valence-electron chi connectivity index (χ4n) is 1.57. The number of nitriles is 1. The normalized spacial score (nSPS) is 10.6. The second-order valence-corrected chi connectivity index (χ2v) is 5.29. The summed E-state index contributed by atoms with van der Waals surface area (Å²) in [5.74, 6) is -1.49. The Morgan fingerprint density at radius 3 is 2.38 bits per heavy atom. The van der Waals surface area contributed by atoms with Crippen LogP contribution in [0.15, 0.2) is 52.9 Å². The van der Waals surface area contributed by atoms with E-state index in [9.17, 15) is 9.59 Å². The van der Waals surface area contributed by atoms with Crippen molar-refractivity contribution in [2.75, 3.05) is 10.6 Å². The standard InChI is InChI=1S/C15H10BrN5O3/c16-11-7-19-15(20-8-11)18-6-10(5-17)13(22)21-12-3-1-9(2-4-12)14(23)24/h1-4,6-8H,(H,21,22)(H,23,24)(H,18,19,20)/b10-6-. The van der Waals surface area contributed by atoms with Gasteiger partial charge in [0.1, 0.15) is 11.6 Å². The van der Waals surface area contributed by atoms with E-state index in [4.69, 9.17) is 10.4 Å². The van der Waals surface area contributed by atoms with Crippen LogP contribution < -0.4 is 10.6 Å². The highest BCUT2D eigenvalue weighted by Crippen LogP contribution is 2.11. The van der Waals surface area contributed by atoms with E-state index >= 15 is 0 Å². The summed E-state index contributed by atoms with van der Waals surface area (Å²) in [5, 5.41) is 23.0. The Morgan fingerprint density at radius 2 is 1.83 bits per heavy atom. The molecule has 0 atom stereocenters. The third kappa shape index (κ3) is 4.62. The summed E-state index contributed by atoms with van der Waals surface area (Å²) in [6.07, 6.45) is 4.21. The number of carbonyl (C=O) groups is 2. The van der Waals surface area contributed by atoms with Gasteiger partial charge in [0.2, 0.25) is 5.95 Å². The SMILES string of the molecule is N#C/C(=C/Nc1ncc(Br)cn1)C(=O)Nc1ccc(C(=O)O)cc1. The summed E-state index contributed by atoms with van der Waals surface area (Å²) in [6, 6.07) is 7.32. The van der Waals surface area contributed by atoms with Gasteiger partial charge in [0.15, 0.2) is 0 Å². The highest BCUT2D eigenvalue weighted by molar-refractivity contribution is 9.10. The van der Waals surface area contributed by atoms with Gasteiger partial charge in [-0.1, -0.05) is 0 Å². The van der Waals surface area contributed by atoms with Crippen LogP contribution in [0.25, 0.3) is 0 Å². The average Bonchev–Trinajstić information content (AvgIpc) is 2.57. The molecule has 0 unspecified atom stereocenters. The maximum Gasteiger partial charge on any atom is 0.335 e. The number of anilines is 2. The molecule has 120 valence electrons. The van der Waals surface area contributed by atoms with E-state index in [2.05, 4.69) is 36.5 Å². The lowest BCUT2D eigenvalue weighted by molar-refractivity contribution is -0.112. The van der Waals surface area contributed by atoms with Crippen molar-refractivity contribution in [3.05, 3.63) is 58.5 Å². The van der Waals surface area contributed by atoms with E-state index in [1.807, 2.05) is 0 Å². The fraction of sp³-hybridized carbons (Fsp3) is 0. The lowest BCUT2D eigenvalue weighted by Gasteiger charge is -2.05. The van der Waals surface area contributed by atoms with Crippen LogP contribution in [-0.2, 0) is 4.79 Å². The van der Waals surface area contributed by atoms with Crippen LogP contribution in [0.2, 0.25) is 0 Å². The molecule has 0 fully saturated rings. The fourth-order valence-corrected chi connectivity index (χ4v) is 1.77. The van der Waals surface area contributed by atoms with Gasteiger partial charge in [-0.25, -0.2) is 14.8 Å². The van der Waals surface area contributed by atoms with Crippen LogP contribution in [0.5, 0.6) is 0 Å². The molecular formula is C15H10BrN5O3. The number of carboxylic acids is 1. The van der Waals surface area contributed by atoms with Crippen LogP contribution in [0.3, 0.4) is 0 Å². The number of aromatic nitrogens is 2. The topological polar surface area (TPSA) is 128 Å². The van der Waals surface area contributed by atoms with Gasteiger partial charge < -0.3 is 15.7 Å². The minimum atomic E-state index is -1.07. The average molecular weight is 388 g/mol. The number of carbonyl (C=O) groups excluding carboxylic acids is 1. The molecular weight excluding hydrogens is 378 g/mol. The molecule has 3 N–H and O–H groups in total. The number of hydrogen-bond acceptors (Lipinski definition) is 6. The first kappa shape index (κ1) is 17.1. The zero-order valence-corrected chi connectivity index (χ0v) is 13.6. The van der Waals surface area contributed by atoms with Crippen molar-refractivity contribution in [2.24, 2.45) is 0 Å². The van der Waals surface area contributed by atoms with Crippen molar-refractivity contribution < 1.29 is 14.7 Å². The number of benzene rings is 1. The van der Waals surface area contributed by atoms with Gasteiger partial charge in [0.25, 0.3) is 5.91 Å². The molecule has 0 aliphatic heterocycles. The summed E-state index contributed by atoms with van der Waals surface area (Å²) in [6.45, 7) is 0. The van der Waals surface area contributed by atoms with Crippen LogP contribution in [0.1, 0.15) is 10.4 Å². The van der Waals surface area contributed by atoms with Crippen molar-refractivity contribution in [1.29, 1.82) is 5.26 Å². The quantitative estimate of drug-likeness (QED) is 0.530. The largest absolute Gasteiger partial charge is 0.478 e. The molecule has 0 spiro atoms. The molecule has 0 radical (unpaired) electrons. The Morgan fingerprint density at radius 1 is 1.21 bits per heavy atom. The van der Waals surface area contributed by atoms with Crippen molar-refractivity contribution >= 4 is 39.4 Å². The second kappa shape index (κ2) is 7.85. The Balaban J connectivity index is 2.05. The molecule has 1 heterocycles. The second-order valence-electron chi connectivity index (χ2n) is 4.38. The van der Waals surface area contributed by atoms with Crippen molar-refractivity contribution in [2.45, 2.75) is 0 Å². The maximum atomic E-state index is 12.0. The number of nitrogens with zero attached hydrogens (tertiary/aromatic N) is 3. The molecule has 1 aromatic carbocycles. The van der Waals surface area contributed by atoms with E-state index < -0.39 is 11.9 Å². The molecule has 0 saturated heterocycles. The number of carboxylic acid groups (broad SMARTS) is 1. The maximum absolute atomic E-state index is 12.0. The monoisotopic (exact) mass is 387 g/mol. The van der Waals surface area contributed by atoms with Gasteiger partial charge >= 0.3 is 5.97 Å². The van der Waals surface area contributed by atoms with Gasteiger partial charge in [-0.15, -0.1) is 0 Å². The lowest BCUT2D eigenvalue weighted by atomic mass is 10.2. The Kier molecular flexibility index (Phi) is 5.59. The molecule has 2 rings (SSSR count). The Labute approximate surface area is 145 Å². The number of hydrogen-bond donors (Lipinski definition) is 3. The van der Waals surface area contributed by atoms with Gasteiger partial charge in [-0.3, -0.25) is 4.79 Å². The van der Waals surface area contributed by atoms with Crippen LogP contribution in [0.4, 0.5) is 11.6 Å². The lowest BCUT2D eigenvalue weighted by Crippen LogP contribution is -2.15.